The molecular weight excluding hydrogens is 406 g/mol. The summed E-state index contributed by atoms with van der Waals surface area (Å²) in [7, 11) is 0. The highest BCUT2D eigenvalue weighted by molar-refractivity contribution is 5.94. The molecule has 1 aliphatic heterocycles. The topological polar surface area (TPSA) is 206 Å². The third-order valence-electron chi connectivity index (χ3n) is 4.87. The zero-order chi connectivity index (χ0) is 23.6. The van der Waals surface area contributed by atoms with Gasteiger partial charge in [-0.1, -0.05) is 13.8 Å². The molecule has 1 saturated heterocycles. The highest BCUT2D eigenvalue weighted by Gasteiger charge is 2.37. The first-order valence-corrected chi connectivity index (χ1v) is 10.4. The Hall–Kier alpha value is -2.89. The Bertz CT molecular complexity index is 679. The van der Waals surface area contributed by atoms with E-state index in [1.807, 2.05) is 13.8 Å². The molecule has 0 aromatic heterocycles. The van der Waals surface area contributed by atoms with Gasteiger partial charge in [-0.3, -0.25) is 24.2 Å². The Morgan fingerprint density at radius 1 is 1.23 bits per heavy atom. The van der Waals surface area contributed by atoms with Crippen molar-refractivity contribution in [2.45, 2.75) is 64.1 Å². The van der Waals surface area contributed by atoms with Crippen LogP contribution in [-0.4, -0.2) is 77.4 Å². The van der Waals surface area contributed by atoms with Crippen LogP contribution in [0.4, 0.5) is 0 Å². The van der Waals surface area contributed by atoms with Gasteiger partial charge in [0.25, 0.3) is 0 Å². The molecular formula is C19H35N7O5. The molecule has 3 atom stereocenters. The Kier molecular flexibility index (Phi) is 10.7. The van der Waals surface area contributed by atoms with Gasteiger partial charge in [-0.25, -0.2) is 0 Å². The maximum absolute atomic E-state index is 13.2. The predicted octanol–water partition coefficient (Wildman–Crippen LogP) is -1.91. The molecule has 12 heteroatoms. The monoisotopic (exact) mass is 441 g/mol. The van der Waals surface area contributed by atoms with E-state index in [1.165, 1.54) is 4.90 Å². The summed E-state index contributed by atoms with van der Waals surface area (Å²) in [5.41, 5.74) is 16.6. The van der Waals surface area contributed by atoms with Gasteiger partial charge < -0.3 is 37.8 Å². The summed E-state index contributed by atoms with van der Waals surface area (Å²) >= 11 is 0. The van der Waals surface area contributed by atoms with Crippen LogP contribution in [0.1, 0.15) is 46.0 Å². The van der Waals surface area contributed by atoms with Crippen molar-refractivity contribution in [2.24, 2.45) is 28.1 Å². The number of amides is 3. The lowest BCUT2D eigenvalue weighted by Crippen LogP contribution is -2.56. The predicted molar refractivity (Wildman–Crippen MR) is 115 cm³/mol. The van der Waals surface area contributed by atoms with Gasteiger partial charge >= 0.3 is 5.97 Å². The van der Waals surface area contributed by atoms with Crippen LogP contribution in [0.2, 0.25) is 0 Å². The largest absolute Gasteiger partial charge is 0.480 e. The number of aliphatic imine (C=N–C) groups is 1. The summed E-state index contributed by atoms with van der Waals surface area (Å²) in [4.78, 5) is 54.1. The molecule has 1 rings (SSSR count). The molecule has 0 bridgehead atoms. The Balaban J connectivity index is 2.89. The molecule has 9 N–H and O–H groups in total. The third-order valence-corrected chi connectivity index (χ3v) is 4.87. The normalized spacial score (nSPS) is 17.7. The standard InChI is InChI=1S/C19H35N7O5/c1-11(2)9-12(20)16(29)25-13(5-3-7-23-19(21)22)18(31)26-8-4-6-14(26)17(30)24-10-15(27)28/h11-14H,3-10,20H2,1-2H3,(H,24,30)(H,25,29)(H,27,28)(H4,21,22,23)/t12-,13-,14-/m0/s1. The number of hydrogen-bond donors (Lipinski definition) is 6. The number of aliphatic carboxylic acids is 1. The minimum absolute atomic E-state index is 0.0689. The summed E-state index contributed by atoms with van der Waals surface area (Å²) in [5.74, 6) is -2.43. The fourth-order valence-corrected chi connectivity index (χ4v) is 3.44. The van der Waals surface area contributed by atoms with Crippen LogP contribution in [0.3, 0.4) is 0 Å². The number of rotatable bonds is 12. The van der Waals surface area contributed by atoms with Gasteiger partial charge in [-0.2, -0.15) is 0 Å². The molecule has 12 nitrogen and oxygen atoms in total. The first-order chi connectivity index (χ1) is 14.5. The Labute approximate surface area is 182 Å². The molecule has 0 radical (unpaired) electrons. The third kappa shape index (κ3) is 9.20. The number of carboxylic acids is 1. The van der Waals surface area contributed by atoms with E-state index < -0.39 is 48.4 Å². The van der Waals surface area contributed by atoms with Gasteiger partial charge in [-0.05, 0) is 38.0 Å². The number of nitrogens with zero attached hydrogens (tertiary/aromatic N) is 2. The van der Waals surface area contributed by atoms with Crippen LogP contribution in [-0.2, 0) is 19.2 Å². The van der Waals surface area contributed by atoms with Crippen LogP contribution in [0.25, 0.3) is 0 Å². The van der Waals surface area contributed by atoms with Crippen molar-refractivity contribution in [3.05, 3.63) is 0 Å². The lowest BCUT2D eigenvalue weighted by atomic mass is 10.0. The summed E-state index contributed by atoms with van der Waals surface area (Å²) in [5, 5.41) is 13.8. The van der Waals surface area contributed by atoms with Crippen molar-refractivity contribution < 1.29 is 24.3 Å². The van der Waals surface area contributed by atoms with Crippen molar-refractivity contribution in [3.63, 3.8) is 0 Å². The maximum atomic E-state index is 13.2. The van der Waals surface area contributed by atoms with E-state index >= 15 is 0 Å². The number of nitrogens with one attached hydrogen (secondary N) is 2. The quantitative estimate of drug-likeness (QED) is 0.114. The molecule has 176 valence electrons. The Morgan fingerprint density at radius 3 is 2.48 bits per heavy atom. The van der Waals surface area contributed by atoms with Crippen LogP contribution in [0.5, 0.6) is 0 Å². The number of carbonyl (C=O) groups is 4. The second kappa shape index (κ2) is 12.7. The number of guanidine groups is 1. The van der Waals surface area contributed by atoms with Crippen LogP contribution < -0.4 is 27.8 Å². The molecule has 0 aromatic carbocycles. The number of hydrogen-bond acceptors (Lipinski definition) is 6. The Morgan fingerprint density at radius 2 is 1.90 bits per heavy atom. The van der Waals surface area contributed by atoms with Crippen molar-refractivity contribution in [2.75, 3.05) is 19.6 Å². The number of carbonyl (C=O) groups excluding carboxylic acids is 3. The summed E-state index contributed by atoms with van der Waals surface area (Å²) < 4.78 is 0. The molecule has 0 spiro atoms. The van der Waals surface area contributed by atoms with E-state index in [2.05, 4.69) is 15.6 Å². The summed E-state index contributed by atoms with van der Waals surface area (Å²) in [6, 6.07) is -2.44. The highest BCUT2D eigenvalue weighted by Crippen LogP contribution is 2.20. The van der Waals surface area contributed by atoms with E-state index in [4.69, 9.17) is 22.3 Å². The van der Waals surface area contributed by atoms with Crippen molar-refractivity contribution in [1.82, 2.24) is 15.5 Å². The van der Waals surface area contributed by atoms with E-state index in [0.717, 1.165) is 0 Å². The van der Waals surface area contributed by atoms with Crippen molar-refractivity contribution >= 4 is 29.7 Å². The molecule has 0 aromatic rings. The zero-order valence-electron chi connectivity index (χ0n) is 18.2. The first-order valence-electron chi connectivity index (χ1n) is 10.4. The van der Waals surface area contributed by atoms with E-state index in [-0.39, 0.29) is 24.8 Å². The summed E-state index contributed by atoms with van der Waals surface area (Å²) in [6.45, 7) is 3.97. The lowest BCUT2D eigenvalue weighted by molar-refractivity contribution is -0.143. The average molecular weight is 442 g/mol. The molecule has 1 heterocycles. The minimum Gasteiger partial charge on any atom is -0.480 e. The van der Waals surface area contributed by atoms with Gasteiger partial charge in [0.1, 0.15) is 18.6 Å². The number of nitrogens with two attached hydrogens (primary N) is 3. The van der Waals surface area contributed by atoms with Gasteiger partial charge in [0.15, 0.2) is 5.96 Å². The molecule has 0 saturated carbocycles. The fourth-order valence-electron chi connectivity index (χ4n) is 3.44. The van der Waals surface area contributed by atoms with E-state index in [9.17, 15) is 19.2 Å². The van der Waals surface area contributed by atoms with Gasteiger partial charge in [0, 0.05) is 13.1 Å². The smallest absolute Gasteiger partial charge is 0.322 e. The number of likely N-dealkylation sites (tertiary alicyclic amines) is 1. The second-order valence-electron chi connectivity index (χ2n) is 8.05. The molecule has 0 aliphatic carbocycles. The molecule has 1 aliphatic rings. The summed E-state index contributed by atoms with van der Waals surface area (Å²) in [6.07, 6.45) is 2.16. The lowest BCUT2D eigenvalue weighted by Gasteiger charge is -2.29. The van der Waals surface area contributed by atoms with E-state index in [0.29, 0.717) is 32.2 Å². The van der Waals surface area contributed by atoms with Crippen LogP contribution in [0.15, 0.2) is 4.99 Å². The van der Waals surface area contributed by atoms with Gasteiger partial charge in [-0.15, -0.1) is 0 Å². The second-order valence-corrected chi connectivity index (χ2v) is 8.05. The molecule has 31 heavy (non-hydrogen) atoms. The molecule has 1 fully saturated rings. The van der Waals surface area contributed by atoms with Crippen LogP contribution >= 0.6 is 0 Å². The van der Waals surface area contributed by atoms with Crippen molar-refractivity contribution in [3.8, 4) is 0 Å². The molecule has 3 amide bonds. The first kappa shape index (κ1) is 26.1. The minimum atomic E-state index is -1.17. The van der Waals surface area contributed by atoms with Gasteiger partial charge in [0.2, 0.25) is 17.7 Å². The zero-order valence-corrected chi connectivity index (χ0v) is 18.2. The van der Waals surface area contributed by atoms with Crippen molar-refractivity contribution in [1.29, 1.82) is 0 Å². The van der Waals surface area contributed by atoms with Gasteiger partial charge in [0.05, 0.1) is 6.04 Å². The number of carboxylic acid groups (broad SMARTS) is 1. The fraction of sp³-hybridized carbons (Fsp3) is 0.737. The highest BCUT2D eigenvalue weighted by atomic mass is 16.4. The average Bonchev–Trinajstić information content (AvgIpc) is 3.16. The SMILES string of the molecule is CC(C)C[C@H](N)C(=O)N[C@@H](CCCN=C(N)N)C(=O)N1CCC[C@H]1C(=O)NCC(=O)O. The maximum Gasteiger partial charge on any atom is 0.322 e. The molecule has 0 unspecified atom stereocenters. The van der Waals surface area contributed by atoms with Crippen LogP contribution in [0, 0.1) is 5.92 Å². The van der Waals surface area contributed by atoms with E-state index in [1.54, 1.807) is 0 Å².